The highest BCUT2D eigenvalue weighted by Gasteiger charge is 2.14. The molecule has 0 spiro atoms. The number of ether oxygens (including phenoxy) is 1. The molecule has 2 aromatic rings. The van der Waals surface area contributed by atoms with Crippen molar-refractivity contribution in [3.05, 3.63) is 47.3 Å². The monoisotopic (exact) mass is 524 g/mol. The van der Waals surface area contributed by atoms with Gasteiger partial charge in [0.1, 0.15) is 9.96 Å². The Morgan fingerprint density at radius 3 is 2.59 bits per heavy atom. The van der Waals surface area contributed by atoms with Gasteiger partial charge in [0.15, 0.2) is 5.96 Å². The normalized spacial score (nSPS) is 11.6. The summed E-state index contributed by atoms with van der Waals surface area (Å²) < 4.78 is 32.4. The maximum absolute atomic E-state index is 12.1. The standard InChI is InChI=1S/C17H24N4O3S2.HI/c1-18-17(21(2)13-14-7-4-5-8-15(14)24-3)19-10-11-20-26(22,23)16-9-6-12-25-16;/h4-9,12,20H,10-11,13H2,1-3H3,(H,18,19);1H. The van der Waals surface area contributed by atoms with Crippen LogP contribution in [0, 0.1) is 0 Å². The maximum Gasteiger partial charge on any atom is 0.250 e. The average molecular weight is 524 g/mol. The third-order valence-electron chi connectivity index (χ3n) is 3.63. The predicted molar refractivity (Wildman–Crippen MR) is 121 cm³/mol. The first-order valence-electron chi connectivity index (χ1n) is 8.05. The van der Waals surface area contributed by atoms with Gasteiger partial charge in [0.25, 0.3) is 0 Å². The molecule has 1 aromatic heterocycles. The van der Waals surface area contributed by atoms with Crippen molar-refractivity contribution >= 4 is 51.3 Å². The van der Waals surface area contributed by atoms with Gasteiger partial charge in [-0.1, -0.05) is 24.3 Å². The molecule has 0 fully saturated rings. The molecule has 1 heterocycles. The molecule has 0 unspecified atom stereocenters. The zero-order chi connectivity index (χ0) is 19.0. The SMILES string of the molecule is CN=C(NCCNS(=O)(=O)c1cccs1)N(C)Cc1ccccc1OC.I. The largest absolute Gasteiger partial charge is 0.496 e. The van der Waals surface area contributed by atoms with E-state index in [-0.39, 0.29) is 30.5 Å². The lowest BCUT2D eigenvalue weighted by atomic mass is 10.2. The van der Waals surface area contributed by atoms with Crippen LogP contribution in [0.25, 0.3) is 0 Å². The van der Waals surface area contributed by atoms with Crippen molar-refractivity contribution in [2.75, 3.05) is 34.3 Å². The number of hydrogen-bond acceptors (Lipinski definition) is 5. The van der Waals surface area contributed by atoms with E-state index in [0.717, 1.165) is 11.3 Å². The van der Waals surface area contributed by atoms with Crippen LogP contribution in [0.1, 0.15) is 5.56 Å². The van der Waals surface area contributed by atoms with E-state index in [2.05, 4.69) is 15.0 Å². The molecular formula is C17H25IN4O3S2. The van der Waals surface area contributed by atoms with Gasteiger partial charge in [-0.15, -0.1) is 35.3 Å². The number of guanidine groups is 1. The van der Waals surface area contributed by atoms with Crippen LogP contribution in [0.5, 0.6) is 5.75 Å². The van der Waals surface area contributed by atoms with Crippen LogP contribution in [-0.4, -0.2) is 53.6 Å². The lowest BCUT2D eigenvalue weighted by Crippen LogP contribution is -2.42. The molecular weight excluding hydrogens is 499 g/mol. The van der Waals surface area contributed by atoms with Gasteiger partial charge < -0.3 is 15.0 Å². The first-order valence-corrected chi connectivity index (χ1v) is 10.4. The summed E-state index contributed by atoms with van der Waals surface area (Å²) in [5.74, 6) is 1.49. The van der Waals surface area contributed by atoms with E-state index in [9.17, 15) is 8.42 Å². The number of methoxy groups -OCH3 is 1. The van der Waals surface area contributed by atoms with Crippen LogP contribution >= 0.6 is 35.3 Å². The van der Waals surface area contributed by atoms with Gasteiger partial charge >= 0.3 is 0 Å². The van der Waals surface area contributed by atoms with E-state index < -0.39 is 10.0 Å². The minimum absolute atomic E-state index is 0. The number of nitrogens with zero attached hydrogens (tertiary/aromatic N) is 2. The number of thiophene rings is 1. The van der Waals surface area contributed by atoms with Crippen LogP contribution in [0.2, 0.25) is 0 Å². The number of benzene rings is 1. The van der Waals surface area contributed by atoms with Crippen molar-refractivity contribution in [2.45, 2.75) is 10.8 Å². The highest BCUT2D eigenvalue weighted by atomic mass is 127. The van der Waals surface area contributed by atoms with E-state index in [1.807, 2.05) is 36.2 Å². The second-order valence-electron chi connectivity index (χ2n) is 5.47. The Balaban J connectivity index is 0.00000364. The molecule has 0 bridgehead atoms. The summed E-state index contributed by atoms with van der Waals surface area (Å²) in [7, 11) is 1.81. The lowest BCUT2D eigenvalue weighted by molar-refractivity contribution is 0.396. The summed E-state index contributed by atoms with van der Waals surface area (Å²) in [5, 5.41) is 4.89. The Morgan fingerprint density at radius 1 is 1.22 bits per heavy atom. The molecule has 27 heavy (non-hydrogen) atoms. The van der Waals surface area contributed by atoms with E-state index in [4.69, 9.17) is 4.74 Å². The molecule has 0 amide bonds. The number of halogens is 1. The molecule has 0 saturated carbocycles. The van der Waals surface area contributed by atoms with E-state index in [1.165, 1.54) is 11.3 Å². The summed E-state index contributed by atoms with van der Waals surface area (Å²) in [6.45, 7) is 1.31. The van der Waals surface area contributed by atoms with Gasteiger partial charge in [-0.25, -0.2) is 13.1 Å². The molecule has 7 nitrogen and oxygen atoms in total. The zero-order valence-corrected chi connectivity index (χ0v) is 19.5. The fourth-order valence-corrected chi connectivity index (χ4v) is 4.47. The molecule has 10 heteroatoms. The Labute approximate surface area is 181 Å². The topological polar surface area (TPSA) is 83.0 Å². The molecule has 0 aliphatic rings. The van der Waals surface area contributed by atoms with Crippen molar-refractivity contribution in [1.82, 2.24) is 14.9 Å². The average Bonchev–Trinajstić information content (AvgIpc) is 3.18. The molecule has 0 atom stereocenters. The Hall–Kier alpha value is -1.37. The predicted octanol–water partition coefficient (Wildman–Crippen LogP) is 2.36. The van der Waals surface area contributed by atoms with Crippen molar-refractivity contribution in [3.63, 3.8) is 0 Å². The Kier molecular flexibility index (Phi) is 10.1. The fourth-order valence-electron chi connectivity index (χ4n) is 2.40. The number of nitrogens with one attached hydrogen (secondary N) is 2. The highest BCUT2D eigenvalue weighted by Crippen LogP contribution is 2.18. The van der Waals surface area contributed by atoms with E-state index in [0.29, 0.717) is 23.3 Å². The van der Waals surface area contributed by atoms with Gasteiger partial charge in [-0.05, 0) is 17.5 Å². The third-order valence-corrected chi connectivity index (χ3v) is 6.49. The second-order valence-corrected chi connectivity index (χ2v) is 8.41. The van der Waals surface area contributed by atoms with Crippen LogP contribution < -0.4 is 14.8 Å². The molecule has 0 aliphatic carbocycles. The second kappa shape index (κ2) is 11.5. The minimum atomic E-state index is -3.44. The number of aliphatic imine (C=N–C) groups is 1. The molecule has 150 valence electrons. The number of hydrogen-bond donors (Lipinski definition) is 2. The summed E-state index contributed by atoms with van der Waals surface area (Å²) >= 11 is 1.19. The van der Waals surface area contributed by atoms with Gasteiger partial charge in [0.2, 0.25) is 10.0 Å². The first-order chi connectivity index (χ1) is 12.5. The van der Waals surface area contributed by atoms with Crippen LogP contribution in [0.4, 0.5) is 0 Å². The fraction of sp³-hybridized carbons (Fsp3) is 0.353. The van der Waals surface area contributed by atoms with Crippen molar-refractivity contribution in [1.29, 1.82) is 0 Å². The molecule has 0 radical (unpaired) electrons. The number of sulfonamides is 1. The van der Waals surface area contributed by atoms with Gasteiger partial charge in [0, 0.05) is 39.3 Å². The van der Waals surface area contributed by atoms with E-state index in [1.54, 1.807) is 31.7 Å². The summed E-state index contributed by atoms with van der Waals surface area (Å²) in [5.41, 5.74) is 1.04. The maximum atomic E-state index is 12.1. The van der Waals surface area contributed by atoms with Crippen molar-refractivity contribution in [3.8, 4) is 5.75 Å². The van der Waals surface area contributed by atoms with Crippen LogP contribution in [0.15, 0.2) is 51.0 Å². The van der Waals surface area contributed by atoms with Crippen molar-refractivity contribution in [2.24, 2.45) is 4.99 Å². The lowest BCUT2D eigenvalue weighted by Gasteiger charge is -2.23. The number of rotatable bonds is 8. The summed E-state index contributed by atoms with van der Waals surface area (Å²) in [6.07, 6.45) is 0. The summed E-state index contributed by atoms with van der Waals surface area (Å²) in [6, 6.07) is 11.1. The smallest absolute Gasteiger partial charge is 0.250 e. The molecule has 0 saturated heterocycles. The highest BCUT2D eigenvalue weighted by molar-refractivity contribution is 14.0. The zero-order valence-electron chi connectivity index (χ0n) is 15.5. The Morgan fingerprint density at radius 2 is 1.96 bits per heavy atom. The van der Waals surface area contributed by atoms with Crippen LogP contribution in [-0.2, 0) is 16.6 Å². The van der Waals surface area contributed by atoms with Gasteiger partial charge in [0.05, 0.1) is 7.11 Å². The molecule has 0 aliphatic heterocycles. The molecule has 1 aromatic carbocycles. The molecule has 2 N–H and O–H groups in total. The van der Waals surface area contributed by atoms with Gasteiger partial charge in [-0.3, -0.25) is 4.99 Å². The summed E-state index contributed by atoms with van der Waals surface area (Å²) in [4.78, 5) is 6.19. The molecule has 2 rings (SSSR count). The Bertz CT molecular complexity index is 826. The minimum Gasteiger partial charge on any atom is -0.496 e. The number of para-hydroxylation sites is 1. The first kappa shape index (κ1) is 23.7. The van der Waals surface area contributed by atoms with Crippen molar-refractivity contribution < 1.29 is 13.2 Å². The van der Waals surface area contributed by atoms with Gasteiger partial charge in [-0.2, -0.15) is 0 Å². The quantitative estimate of drug-likeness (QED) is 0.240. The third kappa shape index (κ3) is 6.94. The van der Waals surface area contributed by atoms with Crippen LogP contribution in [0.3, 0.4) is 0 Å². The van der Waals surface area contributed by atoms with E-state index >= 15 is 0 Å².